The molecule has 16 heavy (non-hydrogen) atoms. The summed E-state index contributed by atoms with van der Waals surface area (Å²) in [5.41, 5.74) is 7.62. The second-order valence-corrected chi connectivity index (χ2v) is 5.50. The minimum atomic E-state index is 0.309. The van der Waals surface area contributed by atoms with Crippen LogP contribution in [0.3, 0.4) is 0 Å². The topological polar surface area (TPSA) is 38.0 Å². The standard InChI is InChI=1S/C13H19BrN2/c14-12-3-1-10(2-4-12)9-13(15)11-5-7-16-8-6-11/h1-4,11,13,16H,5-9,15H2. The molecule has 1 aromatic rings. The van der Waals surface area contributed by atoms with Crippen LogP contribution in [0.15, 0.2) is 28.7 Å². The number of halogens is 1. The molecule has 1 unspecified atom stereocenters. The summed E-state index contributed by atoms with van der Waals surface area (Å²) in [5.74, 6) is 0.685. The minimum absolute atomic E-state index is 0.309. The highest BCUT2D eigenvalue weighted by atomic mass is 79.9. The fraction of sp³-hybridized carbons (Fsp3) is 0.538. The average molecular weight is 283 g/mol. The SMILES string of the molecule is NC(Cc1ccc(Br)cc1)C1CCNCC1. The Morgan fingerprint density at radius 1 is 1.25 bits per heavy atom. The highest BCUT2D eigenvalue weighted by Crippen LogP contribution is 2.19. The fourth-order valence-corrected chi connectivity index (χ4v) is 2.60. The van der Waals surface area contributed by atoms with Gasteiger partial charge >= 0.3 is 0 Å². The van der Waals surface area contributed by atoms with Crippen LogP contribution < -0.4 is 11.1 Å². The molecule has 0 spiro atoms. The Balaban J connectivity index is 1.90. The zero-order valence-corrected chi connectivity index (χ0v) is 11.0. The van der Waals surface area contributed by atoms with Crippen LogP contribution in [0, 0.1) is 5.92 Å². The number of benzene rings is 1. The zero-order chi connectivity index (χ0) is 11.4. The van der Waals surface area contributed by atoms with Gasteiger partial charge in [0.1, 0.15) is 0 Å². The van der Waals surface area contributed by atoms with Crippen LogP contribution in [0.1, 0.15) is 18.4 Å². The van der Waals surface area contributed by atoms with Gasteiger partial charge in [-0.2, -0.15) is 0 Å². The largest absolute Gasteiger partial charge is 0.327 e. The third-order valence-electron chi connectivity index (χ3n) is 3.37. The Bertz CT molecular complexity index is 317. The van der Waals surface area contributed by atoms with E-state index in [0.717, 1.165) is 24.0 Å². The fourth-order valence-electron chi connectivity index (χ4n) is 2.33. The number of rotatable bonds is 3. The van der Waals surface area contributed by atoms with Gasteiger partial charge in [0.15, 0.2) is 0 Å². The number of hydrogen-bond donors (Lipinski definition) is 2. The summed E-state index contributed by atoms with van der Waals surface area (Å²) < 4.78 is 1.13. The Morgan fingerprint density at radius 2 is 1.88 bits per heavy atom. The van der Waals surface area contributed by atoms with Gasteiger partial charge in [0.05, 0.1) is 0 Å². The van der Waals surface area contributed by atoms with E-state index in [4.69, 9.17) is 5.73 Å². The van der Waals surface area contributed by atoms with Gasteiger partial charge in [-0.05, 0) is 56.0 Å². The van der Waals surface area contributed by atoms with Crippen molar-refractivity contribution in [2.75, 3.05) is 13.1 Å². The molecule has 0 aromatic heterocycles. The third-order valence-corrected chi connectivity index (χ3v) is 3.90. The molecule has 3 N–H and O–H groups in total. The lowest BCUT2D eigenvalue weighted by Gasteiger charge is -2.28. The summed E-state index contributed by atoms with van der Waals surface area (Å²) in [4.78, 5) is 0. The molecule has 0 amide bonds. The van der Waals surface area contributed by atoms with Crippen molar-refractivity contribution in [2.24, 2.45) is 11.7 Å². The van der Waals surface area contributed by atoms with Crippen LogP contribution in [0.4, 0.5) is 0 Å². The first-order valence-corrected chi connectivity index (χ1v) is 6.76. The monoisotopic (exact) mass is 282 g/mol. The first-order chi connectivity index (χ1) is 7.75. The van der Waals surface area contributed by atoms with E-state index < -0.39 is 0 Å². The predicted octanol–water partition coefficient (Wildman–Crippen LogP) is 2.32. The first kappa shape index (κ1) is 12.1. The molecule has 1 aromatic carbocycles. The van der Waals surface area contributed by atoms with Gasteiger partial charge in [0.25, 0.3) is 0 Å². The molecule has 3 heteroatoms. The molecule has 1 aliphatic rings. The molecule has 1 fully saturated rings. The van der Waals surface area contributed by atoms with Crippen molar-refractivity contribution < 1.29 is 0 Å². The third kappa shape index (κ3) is 3.30. The Morgan fingerprint density at radius 3 is 2.50 bits per heavy atom. The van der Waals surface area contributed by atoms with E-state index in [0.29, 0.717) is 12.0 Å². The summed E-state index contributed by atoms with van der Waals surface area (Å²) >= 11 is 3.45. The van der Waals surface area contributed by atoms with E-state index >= 15 is 0 Å². The van der Waals surface area contributed by atoms with Crippen molar-refractivity contribution in [2.45, 2.75) is 25.3 Å². The minimum Gasteiger partial charge on any atom is -0.327 e. The van der Waals surface area contributed by atoms with Crippen LogP contribution >= 0.6 is 15.9 Å². The molecule has 0 aliphatic carbocycles. The predicted molar refractivity (Wildman–Crippen MR) is 71.4 cm³/mol. The molecule has 1 heterocycles. The quantitative estimate of drug-likeness (QED) is 0.893. The van der Waals surface area contributed by atoms with E-state index in [-0.39, 0.29) is 0 Å². The normalized spacial score (nSPS) is 19.6. The van der Waals surface area contributed by atoms with Crippen LogP contribution in [0.2, 0.25) is 0 Å². The van der Waals surface area contributed by atoms with Crippen LogP contribution in [0.25, 0.3) is 0 Å². The van der Waals surface area contributed by atoms with Gasteiger partial charge in [0.2, 0.25) is 0 Å². The van der Waals surface area contributed by atoms with Gasteiger partial charge in [-0.1, -0.05) is 28.1 Å². The van der Waals surface area contributed by atoms with Crippen molar-refractivity contribution in [1.29, 1.82) is 0 Å². The molecule has 0 bridgehead atoms. The summed E-state index contributed by atoms with van der Waals surface area (Å²) in [6.07, 6.45) is 3.44. The lowest BCUT2D eigenvalue weighted by atomic mass is 9.87. The van der Waals surface area contributed by atoms with Crippen molar-refractivity contribution in [3.05, 3.63) is 34.3 Å². The maximum Gasteiger partial charge on any atom is 0.0175 e. The van der Waals surface area contributed by atoms with Crippen molar-refractivity contribution in [3.8, 4) is 0 Å². The van der Waals surface area contributed by atoms with Crippen molar-refractivity contribution in [3.63, 3.8) is 0 Å². The van der Waals surface area contributed by atoms with E-state index in [1.54, 1.807) is 0 Å². The molecule has 1 saturated heterocycles. The van der Waals surface area contributed by atoms with Crippen LogP contribution in [-0.2, 0) is 6.42 Å². The van der Waals surface area contributed by atoms with Crippen LogP contribution in [0.5, 0.6) is 0 Å². The Kier molecular flexibility index (Phi) is 4.38. The Hall–Kier alpha value is -0.380. The van der Waals surface area contributed by atoms with E-state index in [2.05, 4.69) is 45.5 Å². The highest BCUT2D eigenvalue weighted by molar-refractivity contribution is 9.10. The number of nitrogens with one attached hydrogen (secondary N) is 1. The molecular weight excluding hydrogens is 264 g/mol. The lowest BCUT2D eigenvalue weighted by molar-refractivity contribution is 0.316. The van der Waals surface area contributed by atoms with Gasteiger partial charge in [0, 0.05) is 10.5 Å². The number of nitrogens with two attached hydrogens (primary N) is 1. The summed E-state index contributed by atoms with van der Waals surface area (Å²) in [6, 6.07) is 8.80. The Labute approximate surface area is 106 Å². The highest BCUT2D eigenvalue weighted by Gasteiger charge is 2.20. The summed E-state index contributed by atoms with van der Waals surface area (Å²) in [6.45, 7) is 2.25. The van der Waals surface area contributed by atoms with Gasteiger partial charge < -0.3 is 11.1 Å². The van der Waals surface area contributed by atoms with E-state index in [1.165, 1.54) is 18.4 Å². The maximum atomic E-state index is 6.28. The molecular formula is C13H19BrN2. The summed E-state index contributed by atoms with van der Waals surface area (Å²) in [7, 11) is 0. The lowest BCUT2D eigenvalue weighted by Crippen LogP contribution is -2.39. The molecule has 0 radical (unpaired) electrons. The van der Waals surface area contributed by atoms with Crippen LogP contribution in [-0.4, -0.2) is 19.1 Å². The van der Waals surface area contributed by atoms with Gasteiger partial charge in [-0.3, -0.25) is 0 Å². The molecule has 1 atom stereocenters. The zero-order valence-electron chi connectivity index (χ0n) is 9.45. The van der Waals surface area contributed by atoms with Gasteiger partial charge in [-0.15, -0.1) is 0 Å². The molecule has 0 saturated carbocycles. The smallest absolute Gasteiger partial charge is 0.0175 e. The van der Waals surface area contributed by atoms with Crippen molar-refractivity contribution >= 4 is 15.9 Å². The number of hydrogen-bond acceptors (Lipinski definition) is 2. The van der Waals surface area contributed by atoms with Gasteiger partial charge in [-0.25, -0.2) is 0 Å². The first-order valence-electron chi connectivity index (χ1n) is 5.96. The molecule has 2 nitrogen and oxygen atoms in total. The van der Waals surface area contributed by atoms with Crippen molar-refractivity contribution in [1.82, 2.24) is 5.32 Å². The molecule has 88 valence electrons. The second kappa shape index (κ2) is 5.80. The van der Waals surface area contributed by atoms with E-state index in [9.17, 15) is 0 Å². The maximum absolute atomic E-state index is 6.28. The second-order valence-electron chi connectivity index (χ2n) is 4.58. The molecule has 2 rings (SSSR count). The summed E-state index contributed by atoms with van der Waals surface area (Å²) in [5, 5.41) is 3.38. The van der Waals surface area contributed by atoms with E-state index in [1.807, 2.05) is 0 Å². The molecule has 1 aliphatic heterocycles. The average Bonchev–Trinajstić information content (AvgIpc) is 2.33. The number of piperidine rings is 1.